The van der Waals surface area contributed by atoms with Crippen LogP contribution < -0.4 is 5.32 Å². The van der Waals surface area contributed by atoms with E-state index < -0.39 is 10.0 Å². The zero-order chi connectivity index (χ0) is 12.6. The third kappa shape index (κ3) is 3.18. The van der Waals surface area contributed by atoms with E-state index >= 15 is 0 Å². The van der Waals surface area contributed by atoms with Gasteiger partial charge in [-0.3, -0.25) is 0 Å². The molecule has 1 saturated heterocycles. The first-order valence-corrected chi connectivity index (χ1v) is 8.04. The van der Waals surface area contributed by atoms with E-state index in [0.29, 0.717) is 28.2 Å². The fraction of sp³-hybridized carbons (Fsp3) is 0.600. The standard InChI is InChI=1S/C10H15ClN2O2S2.ClH/c1-7-5-9(16-10(7)11)17(14,15)13-4-3-12-8(2)6-13;/h5,8,12H,3-4,6H2,1-2H3;1H/t8-;/m0./s1. The topological polar surface area (TPSA) is 49.4 Å². The van der Waals surface area contributed by atoms with Crippen molar-refractivity contribution >= 4 is 45.4 Å². The predicted molar refractivity (Wildman–Crippen MR) is 77.5 cm³/mol. The van der Waals surface area contributed by atoms with Gasteiger partial charge in [0.25, 0.3) is 10.0 Å². The number of piperazine rings is 1. The van der Waals surface area contributed by atoms with Gasteiger partial charge in [-0.15, -0.1) is 23.7 Å². The number of halogens is 2. The minimum Gasteiger partial charge on any atom is -0.312 e. The number of aryl methyl sites for hydroxylation is 1. The summed E-state index contributed by atoms with van der Waals surface area (Å²) < 4.78 is 27.1. The van der Waals surface area contributed by atoms with E-state index in [1.807, 2.05) is 13.8 Å². The number of rotatable bonds is 2. The SMILES string of the molecule is Cc1cc(S(=O)(=O)N2CCN[C@@H](C)C2)sc1Cl.Cl. The van der Waals surface area contributed by atoms with Crippen LogP contribution in [0.4, 0.5) is 0 Å². The lowest BCUT2D eigenvalue weighted by molar-refractivity contribution is 0.311. The molecule has 1 atom stereocenters. The van der Waals surface area contributed by atoms with Crippen LogP contribution in [-0.4, -0.2) is 38.4 Å². The van der Waals surface area contributed by atoms with E-state index in [1.165, 1.54) is 4.31 Å². The Morgan fingerprint density at radius 3 is 2.72 bits per heavy atom. The van der Waals surface area contributed by atoms with Crippen LogP contribution in [0.3, 0.4) is 0 Å². The summed E-state index contributed by atoms with van der Waals surface area (Å²) >= 11 is 7.06. The molecule has 1 aliphatic rings. The average molecular weight is 331 g/mol. The molecule has 0 unspecified atom stereocenters. The second kappa shape index (κ2) is 6.07. The summed E-state index contributed by atoms with van der Waals surface area (Å²) in [5, 5.41) is 3.22. The van der Waals surface area contributed by atoms with Gasteiger partial charge in [0.1, 0.15) is 4.21 Å². The fourth-order valence-electron chi connectivity index (χ4n) is 1.80. The van der Waals surface area contributed by atoms with Gasteiger partial charge in [-0.25, -0.2) is 8.42 Å². The number of nitrogens with one attached hydrogen (secondary N) is 1. The van der Waals surface area contributed by atoms with E-state index in [4.69, 9.17) is 11.6 Å². The fourth-order valence-corrected chi connectivity index (χ4v) is 5.19. The third-order valence-corrected chi connectivity index (χ3v) is 6.63. The monoisotopic (exact) mass is 330 g/mol. The highest BCUT2D eigenvalue weighted by Gasteiger charge is 2.30. The number of hydrogen-bond donors (Lipinski definition) is 1. The highest BCUT2D eigenvalue weighted by atomic mass is 35.5. The highest BCUT2D eigenvalue weighted by Crippen LogP contribution is 2.32. The highest BCUT2D eigenvalue weighted by molar-refractivity contribution is 7.91. The van der Waals surface area contributed by atoms with Crippen molar-refractivity contribution in [3.63, 3.8) is 0 Å². The Labute approximate surface area is 123 Å². The van der Waals surface area contributed by atoms with Crippen LogP contribution >= 0.6 is 35.3 Å². The molecule has 0 spiro atoms. The van der Waals surface area contributed by atoms with E-state index in [1.54, 1.807) is 6.07 Å². The number of nitrogens with zero attached hydrogens (tertiary/aromatic N) is 1. The molecule has 104 valence electrons. The van der Waals surface area contributed by atoms with Crippen molar-refractivity contribution < 1.29 is 8.42 Å². The molecule has 0 amide bonds. The molecule has 2 heterocycles. The molecule has 1 N–H and O–H groups in total. The lowest BCUT2D eigenvalue weighted by atomic mass is 10.3. The maximum Gasteiger partial charge on any atom is 0.252 e. The van der Waals surface area contributed by atoms with E-state index in [0.717, 1.165) is 16.9 Å². The van der Waals surface area contributed by atoms with Gasteiger partial charge in [-0.2, -0.15) is 4.31 Å². The molecule has 4 nitrogen and oxygen atoms in total. The molecule has 8 heteroatoms. The Morgan fingerprint density at radius 2 is 2.22 bits per heavy atom. The number of hydrogen-bond acceptors (Lipinski definition) is 4. The van der Waals surface area contributed by atoms with Crippen molar-refractivity contribution in [2.75, 3.05) is 19.6 Å². The first-order chi connectivity index (χ1) is 7.91. The van der Waals surface area contributed by atoms with Gasteiger partial charge >= 0.3 is 0 Å². The van der Waals surface area contributed by atoms with Gasteiger partial charge in [0.05, 0.1) is 4.34 Å². The average Bonchev–Trinajstić information content (AvgIpc) is 2.60. The molecule has 0 saturated carbocycles. The summed E-state index contributed by atoms with van der Waals surface area (Å²) in [7, 11) is -3.37. The number of sulfonamides is 1. The Hall–Kier alpha value is 0.150. The molecule has 0 bridgehead atoms. The molecule has 0 aromatic carbocycles. The maximum absolute atomic E-state index is 12.3. The van der Waals surface area contributed by atoms with E-state index in [2.05, 4.69) is 5.32 Å². The van der Waals surface area contributed by atoms with Crippen LogP contribution in [0.5, 0.6) is 0 Å². The largest absolute Gasteiger partial charge is 0.312 e. The molecule has 1 aliphatic heterocycles. The Balaban J connectivity index is 0.00000162. The Morgan fingerprint density at radius 1 is 1.56 bits per heavy atom. The first kappa shape index (κ1) is 16.2. The van der Waals surface area contributed by atoms with Gasteiger partial charge in [-0.05, 0) is 25.5 Å². The zero-order valence-electron chi connectivity index (χ0n) is 10.1. The molecule has 2 rings (SSSR count). The quantitative estimate of drug-likeness (QED) is 0.903. The minimum absolute atomic E-state index is 0. The summed E-state index contributed by atoms with van der Waals surface area (Å²) in [4.78, 5) is 0. The van der Waals surface area contributed by atoms with Crippen molar-refractivity contribution in [3.05, 3.63) is 16.0 Å². The summed E-state index contributed by atoms with van der Waals surface area (Å²) in [5.74, 6) is 0. The van der Waals surface area contributed by atoms with Crippen molar-refractivity contribution in [2.45, 2.75) is 24.1 Å². The van der Waals surface area contributed by atoms with E-state index in [9.17, 15) is 8.42 Å². The van der Waals surface area contributed by atoms with Gasteiger partial charge in [-0.1, -0.05) is 11.6 Å². The number of thiophene rings is 1. The van der Waals surface area contributed by atoms with Crippen LogP contribution in [0.15, 0.2) is 10.3 Å². The van der Waals surface area contributed by atoms with Crippen LogP contribution in [-0.2, 0) is 10.0 Å². The van der Waals surface area contributed by atoms with E-state index in [-0.39, 0.29) is 18.4 Å². The second-order valence-electron chi connectivity index (χ2n) is 4.24. The van der Waals surface area contributed by atoms with Crippen molar-refractivity contribution in [1.29, 1.82) is 0 Å². The summed E-state index contributed by atoms with van der Waals surface area (Å²) in [6.07, 6.45) is 0. The van der Waals surface area contributed by atoms with Gasteiger partial charge in [0, 0.05) is 25.7 Å². The normalized spacial score (nSPS) is 21.6. The van der Waals surface area contributed by atoms with Crippen LogP contribution in [0, 0.1) is 6.92 Å². The third-order valence-electron chi connectivity index (χ3n) is 2.76. The van der Waals surface area contributed by atoms with Crippen LogP contribution in [0.2, 0.25) is 4.34 Å². The Kier molecular flexibility index (Phi) is 5.46. The molecule has 1 fully saturated rings. The smallest absolute Gasteiger partial charge is 0.252 e. The van der Waals surface area contributed by atoms with Gasteiger partial charge in [0.15, 0.2) is 0 Å². The molecule has 1 aromatic rings. The van der Waals surface area contributed by atoms with Crippen molar-refractivity contribution in [3.8, 4) is 0 Å². The molecular weight excluding hydrogens is 315 g/mol. The molecule has 0 radical (unpaired) electrons. The predicted octanol–water partition coefficient (Wildman–Crippen LogP) is 2.11. The molecule has 0 aliphatic carbocycles. The molecule has 1 aromatic heterocycles. The first-order valence-electron chi connectivity index (χ1n) is 5.40. The second-order valence-corrected chi connectivity index (χ2v) is 8.06. The lowest BCUT2D eigenvalue weighted by Gasteiger charge is -2.30. The van der Waals surface area contributed by atoms with Gasteiger partial charge in [0.2, 0.25) is 0 Å². The molecule has 18 heavy (non-hydrogen) atoms. The lowest BCUT2D eigenvalue weighted by Crippen LogP contribution is -2.51. The van der Waals surface area contributed by atoms with Gasteiger partial charge < -0.3 is 5.32 Å². The van der Waals surface area contributed by atoms with Crippen LogP contribution in [0.25, 0.3) is 0 Å². The molecular formula is C10H16Cl2N2O2S2. The van der Waals surface area contributed by atoms with Crippen molar-refractivity contribution in [2.24, 2.45) is 0 Å². The maximum atomic E-state index is 12.3. The summed E-state index contributed by atoms with van der Waals surface area (Å²) in [6.45, 7) is 5.52. The van der Waals surface area contributed by atoms with Crippen molar-refractivity contribution in [1.82, 2.24) is 9.62 Å². The summed E-state index contributed by atoms with van der Waals surface area (Å²) in [6, 6.07) is 1.84. The minimum atomic E-state index is -3.37. The van der Waals surface area contributed by atoms with Crippen LogP contribution in [0.1, 0.15) is 12.5 Å². The zero-order valence-corrected chi connectivity index (χ0v) is 13.3. The summed E-state index contributed by atoms with van der Waals surface area (Å²) in [5.41, 5.74) is 0.818. The Bertz CT molecular complexity index is 496.